The van der Waals surface area contributed by atoms with Crippen molar-refractivity contribution >= 4 is 26.0 Å². The highest BCUT2D eigenvalue weighted by atomic mass is 79.9. The molecule has 0 amide bonds. The molecule has 0 spiro atoms. The second-order valence-electron chi connectivity index (χ2n) is 4.46. The summed E-state index contributed by atoms with van der Waals surface area (Å²) < 4.78 is 32.9. The molecule has 1 aliphatic heterocycles. The average molecular weight is 349 g/mol. The first-order valence-corrected chi connectivity index (χ1v) is 8.37. The molecule has 0 aliphatic carbocycles. The van der Waals surface area contributed by atoms with E-state index in [1.54, 1.807) is 25.3 Å². The van der Waals surface area contributed by atoms with Gasteiger partial charge in [0.15, 0.2) is 0 Å². The van der Waals surface area contributed by atoms with E-state index >= 15 is 0 Å². The number of nitrogens with one attached hydrogen (secondary N) is 2. The molecule has 0 bridgehead atoms. The summed E-state index contributed by atoms with van der Waals surface area (Å²) in [5, 5.41) is 3.18. The standard InChI is InChI=1S/C12H17BrN2O3S/c1-18-10-4-5-12(11(13)7-10)19(16,17)15-9-3-2-6-14-8-9/h4-5,7,9,14-15H,2-3,6,8H2,1H3. The quantitative estimate of drug-likeness (QED) is 0.864. The van der Waals surface area contributed by atoms with Gasteiger partial charge in [-0.2, -0.15) is 0 Å². The van der Waals surface area contributed by atoms with Crippen LogP contribution in [0.25, 0.3) is 0 Å². The normalized spacial score (nSPS) is 20.2. The molecule has 0 aromatic heterocycles. The summed E-state index contributed by atoms with van der Waals surface area (Å²) >= 11 is 3.27. The van der Waals surface area contributed by atoms with Gasteiger partial charge in [0.05, 0.1) is 12.0 Å². The van der Waals surface area contributed by atoms with Gasteiger partial charge in [0.1, 0.15) is 5.75 Å². The van der Waals surface area contributed by atoms with Gasteiger partial charge < -0.3 is 10.1 Å². The van der Waals surface area contributed by atoms with Gasteiger partial charge >= 0.3 is 0 Å². The second-order valence-corrected chi connectivity index (χ2v) is 7.00. The number of piperidine rings is 1. The third kappa shape index (κ3) is 3.68. The van der Waals surface area contributed by atoms with Crippen molar-refractivity contribution in [1.82, 2.24) is 10.0 Å². The van der Waals surface area contributed by atoms with Crippen LogP contribution in [-0.4, -0.2) is 34.7 Å². The van der Waals surface area contributed by atoms with Crippen LogP contribution in [0, 0.1) is 0 Å². The number of halogens is 1. The van der Waals surface area contributed by atoms with Crippen LogP contribution in [0.2, 0.25) is 0 Å². The number of rotatable bonds is 4. The SMILES string of the molecule is COc1ccc(S(=O)(=O)NC2CCCNC2)c(Br)c1. The zero-order chi connectivity index (χ0) is 13.9. The van der Waals surface area contributed by atoms with Crippen LogP contribution in [0.3, 0.4) is 0 Å². The van der Waals surface area contributed by atoms with Crippen LogP contribution in [0.4, 0.5) is 0 Å². The Hall–Kier alpha value is -0.630. The predicted octanol–water partition coefficient (Wildman–Crippen LogP) is 1.49. The number of ether oxygens (including phenoxy) is 1. The molecule has 1 saturated heterocycles. The molecule has 2 rings (SSSR count). The summed E-state index contributed by atoms with van der Waals surface area (Å²) in [5.41, 5.74) is 0. The van der Waals surface area contributed by atoms with E-state index in [0.717, 1.165) is 19.4 Å². The van der Waals surface area contributed by atoms with E-state index in [4.69, 9.17) is 4.74 Å². The van der Waals surface area contributed by atoms with Gasteiger partial charge in [-0.25, -0.2) is 13.1 Å². The minimum Gasteiger partial charge on any atom is -0.497 e. The van der Waals surface area contributed by atoms with E-state index in [9.17, 15) is 8.42 Å². The summed E-state index contributed by atoms with van der Waals surface area (Å²) in [6.45, 7) is 1.62. The molecule has 1 fully saturated rings. The van der Waals surface area contributed by atoms with Crippen LogP contribution in [0.15, 0.2) is 27.6 Å². The van der Waals surface area contributed by atoms with E-state index in [1.807, 2.05) is 0 Å². The highest BCUT2D eigenvalue weighted by Gasteiger charge is 2.23. The number of methoxy groups -OCH3 is 1. The molecule has 1 atom stereocenters. The minimum atomic E-state index is -3.51. The Balaban J connectivity index is 2.18. The van der Waals surface area contributed by atoms with Crippen molar-refractivity contribution in [2.45, 2.75) is 23.8 Å². The van der Waals surface area contributed by atoms with E-state index < -0.39 is 10.0 Å². The molecule has 1 unspecified atom stereocenters. The summed E-state index contributed by atoms with van der Waals surface area (Å²) in [6.07, 6.45) is 1.84. The Morgan fingerprint density at radius 1 is 1.47 bits per heavy atom. The fraction of sp³-hybridized carbons (Fsp3) is 0.500. The summed E-state index contributed by atoms with van der Waals surface area (Å²) in [4.78, 5) is 0.235. The van der Waals surface area contributed by atoms with E-state index in [0.29, 0.717) is 16.8 Å². The number of hydrogen-bond donors (Lipinski definition) is 2. The second kappa shape index (κ2) is 6.21. The van der Waals surface area contributed by atoms with Crippen molar-refractivity contribution in [3.8, 4) is 5.75 Å². The molecular formula is C12H17BrN2O3S. The monoisotopic (exact) mass is 348 g/mol. The van der Waals surface area contributed by atoms with E-state index in [1.165, 1.54) is 0 Å². The summed E-state index contributed by atoms with van der Waals surface area (Å²) in [7, 11) is -1.96. The van der Waals surface area contributed by atoms with Crippen LogP contribution in [0.1, 0.15) is 12.8 Å². The summed E-state index contributed by atoms with van der Waals surface area (Å²) in [5.74, 6) is 0.616. The van der Waals surface area contributed by atoms with Gasteiger partial charge in [0.25, 0.3) is 0 Å². The fourth-order valence-electron chi connectivity index (χ4n) is 2.06. The van der Waals surface area contributed by atoms with Crippen molar-refractivity contribution in [1.29, 1.82) is 0 Å². The van der Waals surface area contributed by atoms with Crippen molar-refractivity contribution in [3.63, 3.8) is 0 Å². The number of hydrogen-bond acceptors (Lipinski definition) is 4. The van der Waals surface area contributed by atoms with Crippen molar-refractivity contribution in [2.75, 3.05) is 20.2 Å². The zero-order valence-electron chi connectivity index (χ0n) is 10.6. The van der Waals surface area contributed by atoms with E-state index in [2.05, 4.69) is 26.0 Å². The minimum absolute atomic E-state index is 0.0484. The maximum atomic E-state index is 12.3. The third-order valence-corrected chi connectivity index (χ3v) is 5.54. The predicted molar refractivity (Wildman–Crippen MR) is 76.9 cm³/mol. The molecule has 0 saturated carbocycles. The lowest BCUT2D eigenvalue weighted by Gasteiger charge is -2.23. The van der Waals surface area contributed by atoms with Gasteiger partial charge in [0, 0.05) is 17.1 Å². The molecular weight excluding hydrogens is 332 g/mol. The zero-order valence-corrected chi connectivity index (χ0v) is 13.1. The van der Waals surface area contributed by atoms with Gasteiger partial charge in [-0.1, -0.05) is 0 Å². The first-order chi connectivity index (χ1) is 9.03. The van der Waals surface area contributed by atoms with Crippen molar-refractivity contribution in [2.24, 2.45) is 0 Å². The van der Waals surface area contributed by atoms with Gasteiger partial charge in [-0.15, -0.1) is 0 Å². The van der Waals surface area contributed by atoms with E-state index in [-0.39, 0.29) is 10.9 Å². The molecule has 1 aromatic rings. The average Bonchev–Trinajstić information content (AvgIpc) is 2.38. The van der Waals surface area contributed by atoms with Crippen LogP contribution in [-0.2, 0) is 10.0 Å². The van der Waals surface area contributed by atoms with Crippen LogP contribution in [0.5, 0.6) is 5.75 Å². The Bertz CT molecular complexity index is 542. The topological polar surface area (TPSA) is 67.4 Å². The lowest BCUT2D eigenvalue weighted by molar-refractivity contribution is 0.414. The van der Waals surface area contributed by atoms with Gasteiger partial charge in [-0.05, 0) is 53.5 Å². The molecule has 7 heteroatoms. The number of benzene rings is 1. The lowest BCUT2D eigenvalue weighted by atomic mass is 10.1. The highest BCUT2D eigenvalue weighted by molar-refractivity contribution is 9.10. The third-order valence-electron chi connectivity index (χ3n) is 3.05. The van der Waals surface area contributed by atoms with Gasteiger partial charge in [-0.3, -0.25) is 0 Å². The Labute approximate surface area is 121 Å². The maximum Gasteiger partial charge on any atom is 0.241 e. The molecule has 19 heavy (non-hydrogen) atoms. The molecule has 0 radical (unpaired) electrons. The molecule has 2 N–H and O–H groups in total. The lowest BCUT2D eigenvalue weighted by Crippen LogP contribution is -2.45. The first-order valence-electron chi connectivity index (χ1n) is 6.09. The van der Waals surface area contributed by atoms with Crippen LogP contribution >= 0.6 is 15.9 Å². The largest absolute Gasteiger partial charge is 0.497 e. The smallest absolute Gasteiger partial charge is 0.241 e. The molecule has 1 heterocycles. The van der Waals surface area contributed by atoms with Crippen molar-refractivity contribution < 1.29 is 13.2 Å². The van der Waals surface area contributed by atoms with Crippen LogP contribution < -0.4 is 14.8 Å². The molecule has 1 aliphatic rings. The highest BCUT2D eigenvalue weighted by Crippen LogP contribution is 2.26. The first kappa shape index (κ1) is 14.8. The van der Waals surface area contributed by atoms with Crippen molar-refractivity contribution in [3.05, 3.63) is 22.7 Å². The van der Waals surface area contributed by atoms with Gasteiger partial charge in [0.2, 0.25) is 10.0 Å². The molecule has 106 valence electrons. The fourth-order valence-corrected chi connectivity index (χ4v) is 4.39. The molecule has 1 aromatic carbocycles. The Kier molecular flexibility index (Phi) is 4.83. The Morgan fingerprint density at radius 2 is 2.26 bits per heavy atom. The Morgan fingerprint density at radius 3 is 2.84 bits per heavy atom. The summed E-state index contributed by atoms with van der Waals surface area (Å²) in [6, 6.07) is 4.78. The maximum absolute atomic E-state index is 12.3. The molecule has 5 nitrogen and oxygen atoms in total. The number of sulfonamides is 1.